The van der Waals surface area contributed by atoms with E-state index < -0.39 is 16.0 Å². The highest BCUT2D eigenvalue weighted by Crippen LogP contribution is 2.24. The molecule has 9 heteroatoms. The number of morpholine rings is 1. The molecule has 1 saturated heterocycles. The molecule has 0 amide bonds. The smallest absolute Gasteiger partial charge is 0.335 e. The minimum absolute atomic E-state index is 0.0655. The number of hydrogen-bond donors (Lipinski definition) is 1. The first-order chi connectivity index (χ1) is 13.9. The highest BCUT2D eigenvalue weighted by atomic mass is 32.2. The molecular weight excluding hydrogens is 394 g/mol. The molecule has 1 aliphatic rings. The first kappa shape index (κ1) is 19.3. The molecule has 2 aromatic carbocycles. The number of hydrogen-bond acceptors (Lipinski definition) is 5. The summed E-state index contributed by atoms with van der Waals surface area (Å²) in [6.07, 6.45) is 3.27. The number of nitrogens with zero attached hydrogens (tertiary/aromatic N) is 3. The maximum Gasteiger partial charge on any atom is 0.335 e. The van der Waals surface area contributed by atoms with E-state index >= 15 is 0 Å². The van der Waals surface area contributed by atoms with E-state index in [1.165, 1.54) is 28.8 Å². The quantitative estimate of drug-likeness (QED) is 0.688. The molecule has 0 saturated carbocycles. The van der Waals surface area contributed by atoms with E-state index in [0.29, 0.717) is 24.6 Å². The third-order valence-corrected chi connectivity index (χ3v) is 6.57. The molecule has 1 aliphatic heterocycles. The fraction of sp³-hybridized carbons (Fsp3) is 0.200. The van der Waals surface area contributed by atoms with Gasteiger partial charge in [0.15, 0.2) is 0 Å². The number of benzene rings is 2. The van der Waals surface area contributed by atoms with Gasteiger partial charge in [0.25, 0.3) is 0 Å². The molecular formula is C20H19N3O5S. The molecule has 0 aliphatic carbocycles. The Kier molecular flexibility index (Phi) is 5.18. The average Bonchev–Trinajstić information content (AvgIpc) is 3.25. The number of carboxylic acid groups (broad SMARTS) is 1. The zero-order valence-corrected chi connectivity index (χ0v) is 16.2. The molecule has 3 aromatic rings. The van der Waals surface area contributed by atoms with Crippen LogP contribution in [-0.2, 0) is 14.8 Å². The summed E-state index contributed by atoms with van der Waals surface area (Å²) >= 11 is 0. The summed E-state index contributed by atoms with van der Waals surface area (Å²) in [5.74, 6) is -1.20. The van der Waals surface area contributed by atoms with Gasteiger partial charge in [-0.25, -0.2) is 18.2 Å². The topological polar surface area (TPSA) is 102 Å². The Morgan fingerprint density at radius 1 is 1.07 bits per heavy atom. The first-order valence-electron chi connectivity index (χ1n) is 9.01. The average molecular weight is 413 g/mol. The largest absolute Gasteiger partial charge is 0.478 e. The molecule has 1 N–H and O–H groups in total. The second-order valence-electron chi connectivity index (χ2n) is 6.57. The van der Waals surface area contributed by atoms with Crippen molar-refractivity contribution < 1.29 is 23.1 Å². The molecule has 1 fully saturated rings. The Morgan fingerprint density at radius 2 is 1.79 bits per heavy atom. The fourth-order valence-corrected chi connectivity index (χ4v) is 4.64. The Balaban J connectivity index is 1.77. The molecule has 150 valence electrons. The number of carboxylic acids is 1. The third kappa shape index (κ3) is 3.93. The van der Waals surface area contributed by atoms with Crippen LogP contribution in [0.25, 0.3) is 16.9 Å². The van der Waals surface area contributed by atoms with Crippen LogP contribution in [-0.4, -0.2) is 59.7 Å². The van der Waals surface area contributed by atoms with Crippen LogP contribution in [0.3, 0.4) is 0 Å². The van der Waals surface area contributed by atoms with E-state index in [-0.39, 0.29) is 23.5 Å². The van der Waals surface area contributed by atoms with Gasteiger partial charge in [-0.05, 0) is 18.2 Å². The molecule has 0 bridgehead atoms. The van der Waals surface area contributed by atoms with E-state index in [9.17, 15) is 18.3 Å². The summed E-state index contributed by atoms with van der Waals surface area (Å²) in [5, 5.41) is 9.49. The van der Waals surface area contributed by atoms with Crippen LogP contribution in [0.5, 0.6) is 0 Å². The minimum Gasteiger partial charge on any atom is -0.478 e. The lowest BCUT2D eigenvalue weighted by Gasteiger charge is -2.26. The minimum atomic E-state index is -3.84. The van der Waals surface area contributed by atoms with Crippen molar-refractivity contribution in [2.24, 2.45) is 0 Å². The molecule has 0 spiro atoms. The monoisotopic (exact) mass is 413 g/mol. The van der Waals surface area contributed by atoms with Crippen LogP contribution in [0.15, 0.2) is 66.0 Å². The molecule has 1 aromatic heterocycles. The molecule has 29 heavy (non-hydrogen) atoms. The lowest BCUT2D eigenvalue weighted by Crippen LogP contribution is -2.40. The molecule has 8 nitrogen and oxygen atoms in total. The number of sulfonamides is 1. The summed E-state index contributed by atoms with van der Waals surface area (Å²) < 4.78 is 34.2. The number of rotatable bonds is 5. The standard InChI is InChI=1S/C20H19N3O5S/c24-20(25)16-10-17(22-13-19(21-14-22)15-4-2-1-3-5-15)12-18(11-16)29(26,27)23-6-8-28-9-7-23/h1-5,10-14H,6-9H2,(H,24,25). The molecule has 2 heterocycles. The molecule has 4 rings (SSSR count). The number of imidazole rings is 1. The number of carbonyl (C=O) groups is 1. The van der Waals surface area contributed by atoms with Crippen molar-refractivity contribution in [2.75, 3.05) is 26.3 Å². The summed E-state index contributed by atoms with van der Waals surface area (Å²) in [6.45, 7) is 1.09. The Bertz CT molecular complexity index is 1140. The van der Waals surface area contributed by atoms with Gasteiger partial charge in [-0.15, -0.1) is 0 Å². The van der Waals surface area contributed by atoms with Gasteiger partial charge in [0.05, 0.1) is 35.7 Å². The predicted molar refractivity (Wildman–Crippen MR) is 106 cm³/mol. The van der Waals surface area contributed by atoms with E-state index in [1.54, 1.807) is 10.8 Å². The van der Waals surface area contributed by atoms with Gasteiger partial charge in [0.1, 0.15) is 0 Å². The predicted octanol–water partition coefficient (Wildman–Crippen LogP) is 2.26. The van der Waals surface area contributed by atoms with Gasteiger partial charge in [0, 0.05) is 30.5 Å². The molecule has 0 atom stereocenters. The fourth-order valence-electron chi connectivity index (χ4n) is 3.16. The summed E-state index contributed by atoms with van der Waals surface area (Å²) in [7, 11) is -3.84. The van der Waals surface area contributed by atoms with Crippen LogP contribution >= 0.6 is 0 Å². The summed E-state index contributed by atoms with van der Waals surface area (Å²) in [6, 6.07) is 13.6. The lowest BCUT2D eigenvalue weighted by atomic mass is 10.2. The van der Waals surface area contributed by atoms with Gasteiger partial charge in [0.2, 0.25) is 10.0 Å². The van der Waals surface area contributed by atoms with Crippen molar-refractivity contribution in [1.82, 2.24) is 13.9 Å². The number of ether oxygens (including phenoxy) is 1. The Morgan fingerprint density at radius 3 is 2.48 bits per heavy atom. The van der Waals surface area contributed by atoms with E-state index in [0.717, 1.165) is 5.56 Å². The van der Waals surface area contributed by atoms with E-state index in [4.69, 9.17) is 4.74 Å². The van der Waals surface area contributed by atoms with Gasteiger partial charge >= 0.3 is 5.97 Å². The van der Waals surface area contributed by atoms with Gasteiger partial charge < -0.3 is 14.4 Å². The Labute approximate surface area is 168 Å². The van der Waals surface area contributed by atoms with Crippen LogP contribution < -0.4 is 0 Å². The summed E-state index contributed by atoms with van der Waals surface area (Å²) in [4.78, 5) is 15.9. The molecule has 0 radical (unpaired) electrons. The normalized spacial score (nSPS) is 15.3. The van der Waals surface area contributed by atoms with Crippen molar-refractivity contribution in [2.45, 2.75) is 4.90 Å². The van der Waals surface area contributed by atoms with Gasteiger partial charge in [-0.1, -0.05) is 30.3 Å². The van der Waals surface area contributed by atoms with E-state index in [1.807, 2.05) is 30.3 Å². The number of aromatic carboxylic acids is 1. The third-order valence-electron chi connectivity index (χ3n) is 4.70. The van der Waals surface area contributed by atoms with Crippen molar-refractivity contribution in [1.29, 1.82) is 0 Å². The highest BCUT2D eigenvalue weighted by Gasteiger charge is 2.28. The maximum absolute atomic E-state index is 13.0. The highest BCUT2D eigenvalue weighted by molar-refractivity contribution is 7.89. The lowest BCUT2D eigenvalue weighted by molar-refractivity contribution is 0.0696. The SMILES string of the molecule is O=C(O)c1cc(-n2cnc(-c3ccccc3)c2)cc(S(=O)(=O)N2CCOCC2)c1. The second-order valence-corrected chi connectivity index (χ2v) is 8.51. The molecule has 0 unspecified atom stereocenters. The van der Waals surface area contributed by atoms with Crippen LogP contribution in [0.1, 0.15) is 10.4 Å². The maximum atomic E-state index is 13.0. The van der Waals surface area contributed by atoms with Crippen molar-refractivity contribution in [3.8, 4) is 16.9 Å². The van der Waals surface area contributed by atoms with Crippen LogP contribution in [0, 0.1) is 0 Å². The second kappa shape index (κ2) is 7.78. The van der Waals surface area contributed by atoms with Crippen LogP contribution in [0.4, 0.5) is 0 Å². The van der Waals surface area contributed by atoms with Crippen molar-refractivity contribution in [3.05, 3.63) is 66.6 Å². The number of aromatic nitrogens is 2. The van der Waals surface area contributed by atoms with Crippen molar-refractivity contribution in [3.63, 3.8) is 0 Å². The zero-order valence-electron chi connectivity index (χ0n) is 15.4. The zero-order chi connectivity index (χ0) is 20.4. The van der Waals surface area contributed by atoms with Crippen LogP contribution in [0.2, 0.25) is 0 Å². The Hall–Kier alpha value is -3.01. The summed E-state index contributed by atoms with van der Waals surface area (Å²) in [5.41, 5.74) is 1.90. The van der Waals surface area contributed by atoms with Crippen molar-refractivity contribution >= 4 is 16.0 Å². The van der Waals surface area contributed by atoms with E-state index in [2.05, 4.69) is 4.98 Å². The van der Waals surface area contributed by atoms with Gasteiger partial charge in [-0.2, -0.15) is 4.31 Å². The van der Waals surface area contributed by atoms with Gasteiger partial charge in [-0.3, -0.25) is 0 Å². The first-order valence-corrected chi connectivity index (χ1v) is 10.5.